The number of benzene rings is 1. The molecule has 7 heteroatoms. The molecule has 0 bridgehead atoms. The van der Waals surface area contributed by atoms with Crippen LogP contribution in [0, 0.1) is 11.6 Å². The molecule has 0 aliphatic rings. The van der Waals surface area contributed by atoms with Crippen LogP contribution in [0.15, 0.2) is 24.4 Å². The van der Waals surface area contributed by atoms with E-state index < -0.39 is 17.4 Å². The molecule has 21 heavy (non-hydrogen) atoms. The van der Waals surface area contributed by atoms with E-state index in [4.69, 9.17) is 9.47 Å². The van der Waals surface area contributed by atoms with E-state index in [1.165, 1.54) is 32.5 Å². The lowest BCUT2D eigenvalue weighted by Crippen LogP contribution is -2.11. The maximum absolute atomic E-state index is 13.6. The van der Waals surface area contributed by atoms with Crippen LogP contribution in [0.25, 0.3) is 0 Å². The predicted octanol–water partition coefficient (Wildman–Crippen LogP) is 2.20. The van der Waals surface area contributed by atoms with E-state index in [9.17, 15) is 13.6 Å². The topological polar surface area (TPSA) is 61.3 Å². The Balaban J connectivity index is 2.30. The van der Waals surface area contributed by atoms with Gasteiger partial charge in [-0.05, 0) is 11.6 Å². The van der Waals surface area contributed by atoms with Gasteiger partial charge >= 0.3 is 0 Å². The van der Waals surface area contributed by atoms with E-state index in [1.54, 1.807) is 0 Å². The molecule has 2 aromatic rings. The maximum atomic E-state index is 13.6. The van der Waals surface area contributed by atoms with Gasteiger partial charge in [0.25, 0.3) is 0 Å². The molecule has 1 aromatic heterocycles. The molecule has 0 N–H and O–H groups in total. The Labute approximate surface area is 119 Å². The summed E-state index contributed by atoms with van der Waals surface area (Å²) in [6, 6.07) is 3.65. The molecule has 0 aliphatic heterocycles. The van der Waals surface area contributed by atoms with Crippen molar-refractivity contribution in [2.45, 2.75) is 6.42 Å². The monoisotopic (exact) mass is 294 g/mol. The third-order valence-electron chi connectivity index (χ3n) is 2.77. The fourth-order valence-corrected chi connectivity index (χ4v) is 1.73. The zero-order chi connectivity index (χ0) is 15.4. The second kappa shape index (κ2) is 6.25. The minimum absolute atomic E-state index is 0.0313. The number of ketones is 1. The molecule has 0 saturated carbocycles. The second-order valence-electron chi connectivity index (χ2n) is 4.08. The highest BCUT2D eigenvalue weighted by Crippen LogP contribution is 2.20. The van der Waals surface area contributed by atoms with E-state index in [0.29, 0.717) is 0 Å². The van der Waals surface area contributed by atoms with Crippen LogP contribution in [0.3, 0.4) is 0 Å². The van der Waals surface area contributed by atoms with Gasteiger partial charge in [0.05, 0.1) is 20.4 Å². The number of Topliss-reactive ketones (excluding diaryl/α,β-unsaturated/α-hetero) is 1. The Morgan fingerprint density at radius 3 is 2.67 bits per heavy atom. The first-order chi connectivity index (χ1) is 10.1. The Morgan fingerprint density at radius 2 is 2.00 bits per heavy atom. The Bertz CT molecular complexity index is 677. The van der Waals surface area contributed by atoms with Crippen LogP contribution in [0.2, 0.25) is 0 Å². The van der Waals surface area contributed by atoms with E-state index in [-0.39, 0.29) is 29.4 Å². The third-order valence-corrected chi connectivity index (χ3v) is 2.77. The van der Waals surface area contributed by atoms with Crippen molar-refractivity contribution in [3.63, 3.8) is 0 Å². The quantitative estimate of drug-likeness (QED) is 0.791. The second-order valence-corrected chi connectivity index (χ2v) is 4.08. The van der Waals surface area contributed by atoms with Crippen molar-refractivity contribution < 1.29 is 23.0 Å². The first kappa shape index (κ1) is 14.8. The summed E-state index contributed by atoms with van der Waals surface area (Å²) in [5, 5.41) is 0. The van der Waals surface area contributed by atoms with Gasteiger partial charge in [-0.15, -0.1) is 0 Å². The molecule has 0 atom stereocenters. The third kappa shape index (κ3) is 3.13. The van der Waals surface area contributed by atoms with Gasteiger partial charge in [0, 0.05) is 6.42 Å². The zero-order valence-corrected chi connectivity index (χ0v) is 11.4. The summed E-state index contributed by atoms with van der Waals surface area (Å²) in [6.07, 6.45) is 0.901. The highest BCUT2D eigenvalue weighted by atomic mass is 19.2. The molecule has 5 nitrogen and oxygen atoms in total. The number of rotatable bonds is 5. The first-order valence-corrected chi connectivity index (χ1v) is 5.98. The van der Waals surface area contributed by atoms with Crippen LogP contribution >= 0.6 is 0 Å². The lowest BCUT2D eigenvalue weighted by atomic mass is 10.1. The van der Waals surface area contributed by atoms with Crippen molar-refractivity contribution in [1.82, 2.24) is 9.97 Å². The average Bonchev–Trinajstić information content (AvgIpc) is 2.51. The number of halogens is 2. The Morgan fingerprint density at radius 1 is 1.24 bits per heavy atom. The minimum Gasteiger partial charge on any atom is -0.480 e. The summed E-state index contributed by atoms with van der Waals surface area (Å²) in [5.74, 6) is -2.44. The van der Waals surface area contributed by atoms with Gasteiger partial charge in [0.1, 0.15) is 0 Å². The Kier molecular flexibility index (Phi) is 4.42. The summed E-state index contributed by atoms with van der Waals surface area (Å²) in [6.45, 7) is 0. The SMILES string of the molecule is COc1cnc(C(=O)Cc2cccc(F)c2F)c(OC)n1. The van der Waals surface area contributed by atoms with E-state index in [2.05, 4.69) is 9.97 Å². The number of aromatic nitrogens is 2. The summed E-state index contributed by atoms with van der Waals surface area (Å²) in [5.41, 5.74) is -0.123. The lowest BCUT2D eigenvalue weighted by Gasteiger charge is -2.08. The predicted molar refractivity (Wildman–Crippen MR) is 69.5 cm³/mol. The fraction of sp³-hybridized carbons (Fsp3) is 0.214. The maximum Gasteiger partial charge on any atom is 0.246 e. The molecule has 2 rings (SSSR count). The van der Waals surface area contributed by atoms with E-state index >= 15 is 0 Å². The molecule has 0 radical (unpaired) electrons. The van der Waals surface area contributed by atoms with Crippen molar-refractivity contribution in [1.29, 1.82) is 0 Å². The summed E-state index contributed by atoms with van der Waals surface area (Å²) >= 11 is 0. The molecule has 1 aromatic carbocycles. The zero-order valence-electron chi connectivity index (χ0n) is 11.4. The number of carbonyl (C=O) groups excluding carboxylic acids is 1. The van der Waals surface area contributed by atoms with Gasteiger partial charge in [-0.3, -0.25) is 4.79 Å². The molecule has 1 heterocycles. The summed E-state index contributed by atoms with van der Waals surface area (Å²) in [4.78, 5) is 20.0. The van der Waals surface area contributed by atoms with Gasteiger partial charge in [-0.1, -0.05) is 12.1 Å². The number of methoxy groups -OCH3 is 2. The fourth-order valence-electron chi connectivity index (χ4n) is 1.73. The number of hydrogen-bond donors (Lipinski definition) is 0. The van der Waals surface area contributed by atoms with Gasteiger partial charge in [-0.25, -0.2) is 13.8 Å². The van der Waals surface area contributed by atoms with Crippen molar-refractivity contribution in [3.8, 4) is 11.8 Å². The molecule has 0 fully saturated rings. The van der Waals surface area contributed by atoms with Crippen LogP contribution in [-0.2, 0) is 6.42 Å². The molecular formula is C14H12F2N2O3. The average molecular weight is 294 g/mol. The highest BCUT2D eigenvalue weighted by Gasteiger charge is 2.19. The number of carbonyl (C=O) groups is 1. The van der Waals surface area contributed by atoms with E-state index in [0.717, 1.165) is 6.07 Å². The Hall–Kier alpha value is -2.57. The number of ether oxygens (including phenoxy) is 2. The highest BCUT2D eigenvalue weighted by molar-refractivity contribution is 5.97. The largest absolute Gasteiger partial charge is 0.480 e. The molecule has 110 valence electrons. The van der Waals surface area contributed by atoms with Crippen LogP contribution < -0.4 is 9.47 Å². The number of hydrogen-bond acceptors (Lipinski definition) is 5. The molecule has 0 amide bonds. The van der Waals surface area contributed by atoms with E-state index in [1.807, 2.05) is 0 Å². The van der Waals surface area contributed by atoms with Gasteiger partial charge in [-0.2, -0.15) is 4.98 Å². The van der Waals surface area contributed by atoms with Crippen LogP contribution in [-0.4, -0.2) is 30.0 Å². The number of nitrogens with zero attached hydrogens (tertiary/aromatic N) is 2. The van der Waals surface area contributed by atoms with Gasteiger partial charge < -0.3 is 9.47 Å². The lowest BCUT2D eigenvalue weighted by molar-refractivity contribution is 0.0982. The standard InChI is InChI=1S/C14H12F2N2O3/c1-20-11-7-17-13(14(18-11)21-2)10(19)6-8-4-3-5-9(15)12(8)16/h3-5,7H,6H2,1-2H3. The van der Waals surface area contributed by atoms with Crippen LogP contribution in [0.5, 0.6) is 11.8 Å². The van der Waals surface area contributed by atoms with Gasteiger partial charge in [0.15, 0.2) is 23.1 Å². The molecule has 0 saturated heterocycles. The molecule has 0 aliphatic carbocycles. The molecule has 0 spiro atoms. The van der Waals surface area contributed by atoms with Crippen molar-refractivity contribution in [2.24, 2.45) is 0 Å². The van der Waals surface area contributed by atoms with Gasteiger partial charge in [0.2, 0.25) is 11.8 Å². The normalized spacial score (nSPS) is 10.3. The van der Waals surface area contributed by atoms with Crippen LogP contribution in [0.4, 0.5) is 8.78 Å². The minimum atomic E-state index is -1.05. The molecule has 0 unspecified atom stereocenters. The van der Waals surface area contributed by atoms with Crippen molar-refractivity contribution in [2.75, 3.05) is 14.2 Å². The first-order valence-electron chi connectivity index (χ1n) is 5.98. The molecular weight excluding hydrogens is 282 g/mol. The summed E-state index contributed by atoms with van der Waals surface area (Å²) in [7, 11) is 2.72. The summed E-state index contributed by atoms with van der Waals surface area (Å²) < 4.78 is 36.5. The van der Waals surface area contributed by atoms with Crippen LogP contribution in [0.1, 0.15) is 16.1 Å². The van der Waals surface area contributed by atoms with Crippen molar-refractivity contribution in [3.05, 3.63) is 47.3 Å². The smallest absolute Gasteiger partial charge is 0.246 e. The van der Waals surface area contributed by atoms with Crippen molar-refractivity contribution >= 4 is 5.78 Å².